The Kier molecular flexibility index (Phi) is 3.13. The quantitative estimate of drug-likeness (QED) is 0.671. The number of nitrogens with two attached hydrogens (primary N) is 1. The molecule has 92 valence electrons. The van der Waals surface area contributed by atoms with Crippen LogP contribution in [0.5, 0.6) is 0 Å². The Morgan fingerprint density at radius 2 is 1.94 bits per heavy atom. The number of nitrogens with zero attached hydrogens (tertiary/aromatic N) is 4. The zero-order valence-electron chi connectivity index (χ0n) is 9.28. The molecular formula is C8H17N5O2S. The molecule has 0 saturated carbocycles. The van der Waals surface area contributed by atoms with Crippen LogP contribution in [0.2, 0.25) is 0 Å². The van der Waals surface area contributed by atoms with Crippen LogP contribution in [0.4, 0.5) is 0 Å². The third-order valence-corrected chi connectivity index (χ3v) is 4.50. The SMILES string of the molecule is CS(=O)(=O)N1CCC(C2CN(N)N=N2)CC1. The number of hydrogen-bond donors (Lipinski definition) is 1. The number of hydrogen-bond acceptors (Lipinski definition) is 6. The molecule has 2 heterocycles. The molecule has 2 N–H and O–H groups in total. The molecule has 1 atom stereocenters. The molecule has 2 aliphatic rings. The molecule has 0 spiro atoms. The fourth-order valence-corrected chi connectivity index (χ4v) is 3.11. The summed E-state index contributed by atoms with van der Waals surface area (Å²) in [6.07, 6.45) is 2.93. The molecule has 16 heavy (non-hydrogen) atoms. The average molecular weight is 247 g/mol. The van der Waals surface area contributed by atoms with E-state index in [1.54, 1.807) is 0 Å². The summed E-state index contributed by atoms with van der Waals surface area (Å²) in [4.78, 5) is 0. The summed E-state index contributed by atoms with van der Waals surface area (Å²) in [5.74, 6) is 5.89. The molecule has 0 aliphatic carbocycles. The second-order valence-electron chi connectivity index (χ2n) is 4.39. The normalized spacial score (nSPS) is 28.9. The zero-order chi connectivity index (χ0) is 11.8. The Hall–Kier alpha value is -0.730. The van der Waals surface area contributed by atoms with Gasteiger partial charge in [-0.3, -0.25) is 0 Å². The van der Waals surface area contributed by atoms with E-state index in [9.17, 15) is 8.42 Å². The van der Waals surface area contributed by atoms with Crippen LogP contribution in [0.25, 0.3) is 0 Å². The van der Waals surface area contributed by atoms with E-state index in [-0.39, 0.29) is 6.04 Å². The average Bonchev–Trinajstić information content (AvgIpc) is 2.64. The minimum absolute atomic E-state index is 0.131. The highest BCUT2D eigenvalue weighted by Crippen LogP contribution is 2.26. The van der Waals surface area contributed by atoms with Gasteiger partial charge in [-0.25, -0.2) is 23.7 Å². The van der Waals surface area contributed by atoms with Gasteiger partial charge in [0, 0.05) is 13.1 Å². The van der Waals surface area contributed by atoms with Crippen molar-refractivity contribution in [1.82, 2.24) is 9.42 Å². The van der Waals surface area contributed by atoms with Gasteiger partial charge >= 0.3 is 0 Å². The fraction of sp³-hybridized carbons (Fsp3) is 1.00. The van der Waals surface area contributed by atoms with Crippen molar-refractivity contribution >= 4 is 10.0 Å². The molecule has 1 unspecified atom stereocenters. The van der Waals surface area contributed by atoms with Crippen molar-refractivity contribution in [3.63, 3.8) is 0 Å². The molecule has 2 aliphatic heterocycles. The third-order valence-electron chi connectivity index (χ3n) is 3.20. The van der Waals surface area contributed by atoms with E-state index in [0.29, 0.717) is 25.6 Å². The Morgan fingerprint density at radius 1 is 1.31 bits per heavy atom. The van der Waals surface area contributed by atoms with Gasteiger partial charge < -0.3 is 0 Å². The van der Waals surface area contributed by atoms with Crippen molar-refractivity contribution in [2.75, 3.05) is 25.9 Å². The molecule has 0 aromatic carbocycles. The van der Waals surface area contributed by atoms with Gasteiger partial charge in [-0.15, -0.1) is 0 Å². The molecule has 0 bridgehead atoms. The Balaban J connectivity index is 1.89. The molecule has 1 fully saturated rings. The summed E-state index contributed by atoms with van der Waals surface area (Å²) in [5, 5.41) is 9.19. The predicted molar refractivity (Wildman–Crippen MR) is 58.7 cm³/mol. The van der Waals surface area contributed by atoms with Crippen molar-refractivity contribution in [3.8, 4) is 0 Å². The van der Waals surface area contributed by atoms with Crippen molar-refractivity contribution in [3.05, 3.63) is 0 Å². The van der Waals surface area contributed by atoms with E-state index in [4.69, 9.17) is 5.84 Å². The van der Waals surface area contributed by atoms with E-state index in [2.05, 4.69) is 10.3 Å². The van der Waals surface area contributed by atoms with Crippen LogP contribution in [-0.4, -0.2) is 49.8 Å². The molecule has 1 saturated heterocycles. The van der Waals surface area contributed by atoms with E-state index in [1.807, 2.05) is 0 Å². The minimum atomic E-state index is -3.04. The van der Waals surface area contributed by atoms with Gasteiger partial charge in [-0.1, -0.05) is 5.22 Å². The maximum absolute atomic E-state index is 11.3. The summed E-state index contributed by atoms with van der Waals surface area (Å²) in [6.45, 7) is 1.81. The molecule has 0 aromatic rings. The summed E-state index contributed by atoms with van der Waals surface area (Å²) in [6, 6.07) is 0.131. The van der Waals surface area contributed by atoms with Crippen LogP contribution in [0.15, 0.2) is 10.3 Å². The first-order valence-corrected chi connectivity index (χ1v) is 7.20. The lowest BCUT2D eigenvalue weighted by Gasteiger charge is -2.31. The fourth-order valence-electron chi connectivity index (χ4n) is 2.23. The van der Waals surface area contributed by atoms with E-state index in [1.165, 1.54) is 15.7 Å². The summed E-state index contributed by atoms with van der Waals surface area (Å²) in [7, 11) is -3.04. The Bertz CT molecular complexity index is 374. The van der Waals surface area contributed by atoms with Gasteiger partial charge in [0.15, 0.2) is 0 Å². The van der Waals surface area contributed by atoms with E-state index >= 15 is 0 Å². The van der Waals surface area contributed by atoms with Crippen molar-refractivity contribution in [2.24, 2.45) is 22.1 Å². The summed E-state index contributed by atoms with van der Waals surface area (Å²) in [5.41, 5.74) is 0. The molecule has 2 rings (SSSR count). The third kappa shape index (κ3) is 2.50. The molecule has 0 aromatic heterocycles. The highest BCUT2D eigenvalue weighted by atomic mass is 32.2. The van der Waals surface area contributed by atoms with E-state index in [0.717, 1.165) is 12.8 Å². The smallest absolute Gasteiger partial charge is 0.211 e. The van der Waals surface area contributed by atoms with Crippen LogP contribution in [0.3, 0.4) is 0 Å². The lowest BCUT2D eigenvalue weighted by molar-refractivity contribution is 0.230. The van der Waals surface area contributed by atoms with Crippen LogP contribution < -0.4 is 5.84 Å². The molecule has 0 radical (unpaired) electrons. The summed E-state index contributed by atoms with van der Waals surface area (Å²) >= 11 is 0. The van der Waals surface area contributed by atoms with Crippen LogP contribution >= 0.6 is 0 Å². The Morgan fingerprint density at radius 3 is 2.38 bits per heavy atom. The first-order valence-electron chi connectivity index (χ1n) is 5.35. The van der Waals surface area contributed by atoms with Gasteiger partial charge in [0.25, 0.3) is 0 Å². The molecule has 7 nitrogen and oxygen atoms in total. The van der Waals surface area contributed by atoms with Gasteiger partial charge in [0.1, 0.15) is 0 Å². The van der Waals surface area contributed by atoms with Crippen molar-refractivity contribution in [2.45, 2.75) is 18.9 Å². The first kappa shape index (κ1) is 11.7. The summed E-state index contributed by atoms with van der Waals surface area (Å²) < 4.78 is 24.2. The maximum Gasteiger partial charge on any atom is 0.211 e. The van der Waals surface area contributed by atoms with Crippen molar-refractivity contribution < 1.29 is 8.42 Å². The first-order chi connectivity index (χ1) is 7.47. The van der Waals surface area contributed by atoms with E-state index < -0.39 is 10.0 Å². The lowest BCUT2D eigenvalue weighted by atomic mass is 9.91. The highest BCUT2D eigenvalue weighted by molar-refractivity contribution is 7.88. The number of sulfonamides is 1. The minimum Gasteiger partial charge on any atom is -0.230 e. The largest absolute Gasteiger partial charge is 0.230 e. The molecular weight excluding hydrogens is 230 g/mol. The number of hydrazine groups is 1. The Labute approximate surface area is 95.3 Å². The number of rotatable bonds is 2. The number of piperidine rings is 1. The predicted octanol–water partition coefficient (Wildman–Crippen LogP) is -0.417. The maximum atomic E-state index is 11.3. The lowest BCUT2D eigenvalue weighted by Crippen LogP contribution is -2.41. The second kappa shape index (κ2) is 4.27. The van der Waals surface area contributed by atoms with Crippen molar-refractivity contribution in [1.29, 1.82) is 0 Å². The topological polar surface area (TPSA) is 91.4 Å². The molecule has 0 amide bonds. The van der Waals surface area contributed by atoms with Gasteiger partial charge in [-0.2, -0.15) is 5.11 Å². The van der Waals surface area contributed by atoms with Crippen LogP contribution in [-0.2, 0) is 10.0 Å². The van der Waals surface area contributed by atoms with Crippen LogP contribution in [0.1, 0.15) is 12.8 Å². The van der Waals surface area contributed by atoms with Gasteiger partial charge in [0.2, 0.25) is 10.0 Å². The van der Waals surface area contributed by atoms with Gasteiger partial charge in [-0.05, 0) is 18.8 Å². The second-order valence-corrected chi connectivity index (χ2v) is 6.38. The van der Waals surface area contributed by atoms with Gasteiger partial charge in [0.05, 0.1) is 18.8 Å². The zero-order valence-corrected chi connectivity index (χ0v) is 10.1. The standard InChI is InChI=1S/C8H17N5O2S/c1-16(14,15)12-4-2-7(3-5-12)8-6-13(9)11-10-8/h7-8H,2-6,9H2,1H3. The monoisotopic (exact) mass is 247 g/mol. The van der Waals surface area contributed by atoms with Crippen LogP contribution in [0, 0.1) is 5.92 Å². The molecule has 8 heteroatoms. The highest BCUT2D eigenvalue weighted by Gasteiger charge is 2.32.